The van der Waals surface area contributed by atoms with Gasteiger partial charge >= 0.3 is 0 Å². The molecule has 13 heavy (non-hydrogen) atoms. The van der Waals surface area contributed by atoms with E-state index in [2.05, 4.69) is 45.1 Å². The SMILES string of the molecule is CCCCNC(C)[C@H](C)CN(C)C. The summed E-state index contributed by atoms with van der Waals surface area (Å²) in [6, 6.07) is 0.633. The molecule has 0 aromatic heterocycles. The molecule has 0 aliphatic carbocycles. The zero-order valence-electron chi connectivity index (χ0n) is 9.93. The fraction of sp³-hybridized carbons (Fsp3) is 1.00. The highest BCUT2D eigenvalue weighted by molar-refractivity contribution is 4.69. The molecule has 0 aliphatic heterocycles. The Balaban J connectivity index is 3.50. The minimum atomic E-state index is 0.633. The predicted octanol–water partition coefficient (Wildman–Crippen LogP) is 1.96. The molecule has 0 bridgehead atoms. The van der Waals surface area contributed by atoms with Crippen molar-refractivity contribution < 1.29 is 0 Å². The Morgan fingerprint density at radius 3 is 2.31 bits per heavy atom. The predicted molar refractivity (Wildman–Crippen MR) is 60.1 cm³/mol. The van der Waals surface area contributed by atoms with Crippen LogP contribution in [0.4, 0.5) is 0 Å². The molecule has 1 unspecified atom stereocenters. The smallest absolute Gasteiger partial charge is 0.00765 e. The molecule has 0 spiro atoms. The Labute approximate surface area is 83.7 Å². The second-order valence-corrected chi connectivity index (χ2v) is 4.34. The zero-order chi connectivity index (χ0) is 10.3. The normalized spacial score (nSPS) is 16.2. The van der Waals surface area contributed by atoms with Crippen molar-refractivity contribution in [2.75, 3.05) is 27.2 Å². The van der Waals surface area contributed by atoms with E-state index in [1.807, 2.05) is 0 Å². The molecule has 2 nitrogen and oxygen atoms in total. The zero-order valence-corrected chi connectivity index (χ0v) is 9.93. The lowest BCUT2D eigenvalue weighted by molar-refractivity contribution is 0.288. The van der Waals surface area contributed by atoms with Crippen LogP contribution in [-0.2, 0) is 0 Å². The summed E-state index contributed by atoms with van der Waals surface area (Å²) in [5, 5.41) is 3.56. The fourth-order valence-electron chi connectivity index (χ4n) is 1.44. The van der Waals surface area contributed by atoms with Crippen LogP contribution in [0.3, 0.4) is 0 Å². The minimum Gasteiger partial charge on any atom is -0.314 e. The first kappa shape index (κ1) is 12.9. The molecule has 0 amide bonds. The van der Waals surface area contributed by atoms with E-state index in [9.17, 15) is 0 Å². The third-order valence-electron chi connectivity index (χ3n) is 2.50. The van der Waals surface area contributed by atoms with E-state index in [1.54, 1.807) is 0 Å². The molecule has 0 aromatic rings. The highest BCUT2D eigenvalue weighted by Crippen LogP contribution is 2.03. The standard InChI is InChI=1S/C11H26N2/c1-6-7-8-12-11(3)10(2)9-13(4)5/h10-12H,6-9H2,1-5H3/t10-,11?/m1/s1. The quantitative estimate of drug-likeness (QED) is 0.612. The maximum atomic E-state index is 3.56. The average Bonchev–Trinajstić information content (AvgIpc) is 2.03. The Kier molecular flexibility index (Phi) is 7.29. The van der Waals surface area contributed by atoms with E-state index in [-0.39, 0.29) is 0 Å². The van der Waals surface area contributed by atoms with Crippen molar-refractivity contribution in [2.24, 2.45) is 5.92 Å². The second kappa shape index (κ2) is 7.34. The van der Waals surface area contributed by atoms with Gasteiger partial charge in [0.2, 0.25) is 0 Å². The van der Waals surface area contributed by atoms with Crippen LogP contribution in [0, 0.1) is 5.92 Å². The molecule has 0 saturated heterocycles. The number of hydrogen-bond acceptors (Lipinski definition) is 2. The van der Waals surface area contributed by atoms with Crippen LogP contribution in [0.25, 0.3) is 0 Å². The highest BCUT2D eigenvalue weighted by Gasteiger charge is 2.11. The van der Waals surface area contributed by atoms with Crippen LogP contribution in [0.15, 0.2) is 0 Å². The van der Waals surface area contributed by atoms with Gasteiger partial charge in [0.25, 0.3) is 0 Å². The maximum Gasteiger partial charge on any atom is 0.00765 e. The van der Waals surface area contributed by atoms with Gasteiger partial charge in [-0.25, -0.2) is 0 Å². The first-order valence-corrected chi connectivity index (χ1v) is 5.46. The van der Waals surface area contributed by atoms with E-state index < -0.39 is 0 Å². The van der Waals surface area contributed by atoms with Gasteiger partial charge in [-0.2, -0.15) is 0 Å². The second-order valence-electron chi connectivity index (χ2n) is 4.34. The van der Waals surface area contributed by atoms with Gasteiger partial charge in [-0.3, -0.25) is 0 Å². The third-order valence-corrected chi connectivity index (χ3v) is 2.50. The molecular weight excluding hydrogens is 160 g/mol. The van der Waals surface area contributed by atoms with Crippen molar-refractivity contribution in [2.45, 2.75) is 39.7 Å². The van der Waals surface area contributed by atoms with E-state index in [1.165, 1.54) is 19.4 Å². The molecule has 0 aromatic carbocycles. The van der Waals surface area contributed by atoms with Crippen molar-refractivity contribution in [1.29, 1.82) is 0 Å². The molecule has 0 aliphatic rings. The summed E-state index contributed by atoms with van der Waals surface area (Å²) in [7, 11) is 4.27. The third kappa shape index (κ3) is 7.03. The number of unbranched alkanes of at least 4 members (excludes halogenated alkanes) is 1. The number of nitrogens with zero attached hydrogens (tertiary/aromatic N) is 1. The lowest BCUT2D eigenvalue weighted by atomic mass is 10.0. The van der Waals surface area contributed by atoms with Gasteiger partial charge in [0.1, 0.15) is 0 Å². The van der Waals surface area contributed by atoms with Crippen molar-refractivity contribution in [1.82, 2.24) is 10.2 Å². The molecule has 0 saturated carbocycles. The molecule has 1 N–H and O–H groups in total. The highest BCUT2D eigenvalue weighted by atomic mass is 15.1. The molecule has 0 rings (SSSR count). The van der Waals surface area contributed by atoms with Gasteiger partial charge < -0.3 is 10.2 Å². The Hall–Kier alpha value is -0.0800. The summed E-state index contributed by atoms with van der Waals surface area (Å²) in [5.74, 6) is 0.729. The summed E-state index contributed by atoms with van der Waals surface area (Å²) >= 11 is 0. The molecule has 0 heterocycles. The first-order valence-electron chi connectivity index (χ1n) is 5.46. The average molecular weight is 186 g/mol. The summed E-state index contributed by atoms with van der Waals surface area (Å²) in [6.07, 6.45) is 2.57. The lowest BCUT2D eigenvalue weighted by Crippen LogP contribution is -2.37. The largest absolute Gasteiger partial charge is 0.314 e. The van der Waals surface area contributed by atoms with Gasteiger partial charge in [-0.1, -0.05) is 20.3 Å². The first-order chi connectivity index (χ1) is 6.07. The minimum absolute atomic E-state index is 0.633. The fourth-order valence-corrected chi connectivity index (χ4v) is 1.44. The van der Waals surface area contributed by atoms with Crippen molar-refractivity contribution in [3.05, 3.63) is 0 Å². The molecule has 80 valence electrons. The molecule has 2 heteroatoms. The number of rotatable bonds is 7. The van der Waals surface area contributed by atoms with Crippen LogP contribution >= 0.6 is 0 Å². The maximum absolute atomic E-state index is 3.56. The monoisotopic (exact) mass is 186 g/mol. The summed E-state index contributed by atoms with van der Waals surface area (Å²) in [6.45, 7) is 9.15. The van der Waals surface area contributed by atoms with Gasteiger partial charge in [0.15, 0.2) is 0 Å². The van der Waals surface area contributed by atoms with Crippen LogP contribution in [0.1, 0.15) is 33.6 Å². The summed E-state index contributed by atoms with van der Waals surface area (Å²) in [4.78, 5) is 2.25. The number of nitrogens with one attached hydrogen (secondary N) is 1. The van der Waals surface area contributed by atoms with Gasteiger partial charge in [0.05, 0.1) is 0 Å². The molecule has 2 atom stereocenters. The number of hydrogen-bond donors (Lipinski definition) is 1. The van der Waals surface area contributed by atoms with E-state index in [0.29, 0.717) is 6.04 Å². The van der Waals surface area contributed by atoms with E-state index in [4.69, 9.17) is 0 Å². The van der Waals surface area contributed by atoms with Crippen LogP contribution in [-0.4, -0.2) is 38.1 Å². The topological polar surface area (TPSA) is 15.3 Å². The Morgan fingerprint density at radius 2 is 1.85 bits per heavy atom. The van der Waals surface area contributed by atoms with Crippen LogP contribution in [0.5, 0.6) is 0 Å². The lowest BCUT2D eigenvalue weighted by Gasteiger charge is -2.24. The van der Waals surface area contributed by atoms with Crippen molar-refractivity contribution in [3.8, 4) is 0 Å². The van der Waals surface area contributed by atoms with Crippen LogP contribution in [0.2, 0.25) is 0 Å². The Morgan fingerprint density at radius 1 is 1.23 bits per heavy atom. The van der Waals surface area contributed by atoms with Crippen molar-refractivity contribution in [3.63, 3.8) is 0 Å². The molecule has 0 radical (unpaired) electrons. The van der Waals surface area contributed by atoms with Crippen molar-refractivity contribution >= 4 is 0 Å². The summed E-state index contributed by atoms with van der Waals surface area (Å²) < 4.78 is 0. The van der Waals surface area contributed by atoms with Gasteiger partial charge in [-0.15, -0.1) is 0 Å². The van der Waals surface area contributed by atoms with Gasteiger partial charge in [-0.05, 0) is 39.9 Å². The molecular formula is C11H26N2. The summed E-state index contributed by atoms with van der Waals surface area (Å²) in [5.41, 5.74) is 0. The van der Waals surface area contributed by atoms with Gasteiger partial charge in [0, 0.05) is 12.6 Å². The molecule has 0 fully saturated rings. The van der Waals surface area contributed by atoms with Crippen LogP contribution < -0.4 is 5.32 Å². The Bertz CT molecular complexity index is 113. The van der Waals surface area contributed by atoms with E-state index in [0.717, 1.165) is 12.5 Å². The van der Waals surface area contributed by atoms with E-state index >= 15 is 0 Å².